The van der Waals surface area contributed by atoms with Gasteiger partial charge in [-0.15, -0.1) is 0 Å². The molecule has 0 aliphatic carbocycles. The van der Waals surface area contributed by atoms with Gasteiger partial charge in [-0.2, -0.15) is 0 Å². The molecule has 6 nitrogen and oxygen atoms in total. The highest BCUT2D eigenvalue weighted by atomic mass is 16.4. The predicted octanol–water partition coefficient (Wildman–Crippen LogP) is -0.165. The monoisotopic (exact) mass is 285 g/mol. The van der Waals surface area contributed by atoms with E-state index < -0.39 is 13.0 Å². The van der Waals surface area contributed by atoms with Crippen molar-refractivity contribution in [3.63, 3.8) is 0 Å². The lowest BCUT2D eigenvalue weighted by molar-refractivity contribution is 0.0940. The maximum atomic E-state index is 12.2. The molecule has 0 saturated heterocycles. The molecule has 21 heavy (non-hydrogen) atoms. The minimum Gasteiger partial charge on any atom is -0.423 e. The van der Waals surface area contributed by atoms with Gasteiger partial charge in [0.1, 0.15) is 5.82 Å². The fraction of sp³-hybridized carbons (Fsp3) is 0.143. The van der Waals surface area contributed by atoms with Crippen LogP contribution in [0.5, 0.6) is 0 Å². The largest absolute Gasteiger partial charge is 0.490 e. The highest BCUT2D eigenvalue weighted by Crippen LogP contribution is 2.13. The van der Waals surface area contributed by atoms with E-state index in [1.807, 2.05) is 37.3 Å². The summed E-state index contributed by atoms with van der Waals surface area (Å²) in [5.41, 5.74) is 6.85. The van der Waals surface area contributed by atoms with Crippen LogP contribution in [-0.4, -0.2) is 28.1 Å². The first-order valence-corrected chi connectivity index (χ1v) is 6.46. The van der Waals surface area contributed by atoms with Gasteiger partial charge >= 0.3 is 7.12 Å². The summed E-state index contributed by atoms with van der Waals surface area (Å²) in [5.74, 6) is -0.379. The molecule has 1 aromatic heterocycles. The highest BCUT2D eigenvalue weighted by molar-refractivity contribution is 6.58. The molecule has 1 heterocycles. The second kappa shape index (κ2) is 6.38. The zero-order chi connectivity index (χ0) is 15.4. The molecule has 0 saturated carbocycles. The molecule has 0 aliphatic heterocycles. The number of anilines is 1. The molecule has 0 fully saturated rings. The van der Waals surface area contributed by atoms with E-state index in [1.165, 1.54) is 12.3 Å². The van der Waals surface area contributed by atoms with Crippen LogP contribution < -0.4 is 16.5 Å². The summed E-state index contributed by atoms with van der Waals surface area (Å²) in [6, 6.07) is 10.6. The summed E-state index contributed by atoms with van der Waals surface area (Å²) in [4.78, 5) is 16.0. The summed E-state index contributed by atoms with van der Waals surface area (Å²) < 4.78 is 0. The lowest BCUT2D eigenvalue weighted by atomic mass is 9.81. The Labute approximate surface area is 122 Å². The molecule has 1 unspecified atom stereocenters. The van der Waals surface area contributed by atoms with E-state index >= 15 is 0 Å². The van der Waals surface area contributed by atoms with Crippen LogP contribution in [0.2, 0.25) is 0 Å². The Morgan fingerprint density at radius 1 is 1.33 bits per heavy atom. The molecule has 0 radical (unpaired) electrons. The lowest BCUT2D eigenvalue weighted by Crippen LogP contribution is -2.34. The Morgan fingerprint density at radius 3 is 2.62 bits per heavy atom. The van der Waals surface area contributed by atoms with Crippen LogP contribution >= 0.6 is 0 Å². The fourth-order valence-corrected chi connectivity index (χ4v) is 1.91. The molecule has 108 valence electrons. The SMILES string of the molecule is CC(NC(=O)c1cc(B(O)O)cnc1N)c1ccccc1. The quantitative estimate of drug-likeness (QED) is 0.583. The maximum Gasteiger partial charge on any atom is 0.490 e. The molecular weight excluding hydrogens is 269 g/mol. The van der Waals surface area contributed by atoms with E-state index in [0.717, 1.165) is 5.56 Å². The van der Waals surface area contributed by atoms with Gasteiger partial charge in [0.25, 0.3) is 5.91 Å². The van der Waals surface area contributed by atoms with Crippen molar-refractivity contribution in [3.8, 4) is 0 Å². The normalized spacial score (nSPS) is 11.8. The molecule has 1 amide bonds. The zero-order valence-electron chi connectivity index (χ0n) is 11.5. The average molecular weight is 285 g/mol. The minimum absolute atomic E-state index is 0.0390. The summed E-state index contributed by atoms with van der Waals surface area (Å²) >= 11 is 0. The standard InChI is InChI=1S/C14H16BN3O3/c1-9(10-5-3-2-4-6-10)18-14(19)12-7-11(15(20)21)8-17-13(12)16/h2-9,20-21H,1H3,(H2,16,17)(H,18,19). The van der Waals surface area contributed by atoms with Crippen LogP contribution in [0.15, 0.2) is 42.6 Å². The van der Waals surface area contributed by atoms with E-state index in [1.54, 1.807) is 0 Å². The predicted molar refractivity (Wildman–Crippen MR) is 80.8 cm³/mol. The number of carbonyl (C=O) groups is 1. The number of rotatable bonds is 4. The first-order valence-electron chi connectivity index (χ1n) is 6.46. The van der Waals surface area contributed by atoms with Crippen LogP contribution in [0.25, 0.3) is 0 Å². The van der Waals surface area contributed by atoms with Gasteiger partial charge in [0.05, 0.1) is 11.6 Å². The van der Waals surface area contributed by atoms with Crippen molar-refractivity contribution < 1.29 is 14.8 Å². The van der Waals surface area contributed by atoms with E-state index in [4.69, 9.17) is 15.8 Å². The third-order valence-electron chi connectivity index (χ3n) is 3.13. The van der Waals surface area contributed by atoms with Crippen LogP contribution in [0.4, 0.5) is 5.82 Å². The Hall–Kier alpha value is -2.38. The first-order chi connectivity index (χ1) is 9.99. The fourth-order valence-electron chi connectivity index (χ4n) is 1.91. The second-order valence-corrected chi connectivity index (χ2v) is 4.68. The number of nitrogens with two attached hydrogens (primary N) is 1. The molecule has 7 heteroatoms. The minimum atomic E-state index is -1.70. The van der Waals surface area contributed by atoms with Gasteiger partial charge in [-0.25, -0.2) is 4.98 Å². The van der Waals surface area contributed by atoms with Gasteiger partial charge in [-0.3, -0.25) is 4.79 Å². The number of hydrogen-bond acceptors (Lipinski definition) is 5. The number of nitrogen functional groups attached to an aromatic ring is 1. The number of aromatic nitrogens is 1. The van der Waals surface area contributed by atoms with Gasteiger partial charge in [0, 0.05) is 11.7 Å². The van der Waals surface area contributed by atoms with Crippen molar-refractivity contribution in [2.45, 2.75) is 13.0 Å². The van der Waals surface area contributed by atoms with Crippen LogP contribution in [0, 0.1) is 0 Å². The Bertz CT molecular complexity index is 635. The summed E-state index contributed by atoms with van der Waals surface area (Å²) in [5, 5.41) is 21.0. The molecule has 1 atom stereocenters. The van der Waals surface area contributed by atoms with Crippen molar-refractivity contribution in [2.24, 2.45) is 0 Å². The van der Waals surface area contributed by atoms with E-state index in [-0.39, 0.29) is 22.9 Å². The van der Waals surface area contributed by atoms with Crippen LogP contribution in [0.3, 0.4) is 0 Å². The van der Waals surface area contributed by atoms with Gasteiger partial charge in [0.15, 0.2) is 0 Å². The molecule has 0 spiro atoms. The van der Waals surface area contributed by atoms with E-state index in [9.17, 15) is 4.79 Å². The lowest BCUT2D eigenvalue weighted by Gasteiger charge is -2.15. The number of nitrogens with one attached hydrogen (secondary N) is 1. The number of carbonyl (C=O) groups excluding carboxylic acids is 1. The molecule has 0 aliphatic rings. The van der Waals surface area contributed by atoms with Crippen molar-refractivity contribution in [1.82, 2.24) is 10.3 Å². The molecule has 1 aromatic carbocycles. The summed E-state index contributed by atoms with van der Waals surface area (Å²) in [6.07, 6.45) is 1.22. The number of pyridine rings is 1. The van der Waals surface area contributed by atoms with Crippen LogP contribution in [-0.2, 0) is 0 Å². The van der Waals surface area contributed by atoms with Gasteiger partial charge < -0.3 is 21.1 Å². The second-order valence-electron chi connectivity index (χ2n) is 4.68. The van der Waals surface area contributed by atoms with Crippen LogP contribution in [0.1, 0.15) is 28.9 Å². The van der Waals surface area contributed by atoms with Crippen molar-refractivity contribution in [3.05, 3.63) is 53.7 Å². The molecular formula is C14H16BN3O3. The van der Waals surface area contributed by atoms with E-state index in [0.29, 0.717) is 0 Å². The van der Waals surface area contributed by atoms with Crippen molar-refractivity contribution in [2.75, 3.05) is 5.73 Å². The van der Waals surface area contributed by atoms with Gasteiger partial charge in [-0.05, 0) is 18.6 Å². The molecule has 5 N–H and O–H groups in total. The molecule has 2 rings (SSSR count). The highest BCUT2D eigenvalue weighted by Gasteiger charge is 2.19. The number of nitrogens with zero attached hydrogens (tertiary/aromatic N) is 1. The Kier molecular flexibility index (Phi) is 4.57. The van der Waals surface area contributed by atoms with E-state index in [2.05, 4.69) is 10.3 Å². The Morgan fingerprint density at radius 2 is 2.00 bits per heavy atom. The smallest absolute Gasteiger partial charge is 0.423 e. The average Bonchev–Trinajstić information content (AvgIpc) is 2.48. The zero-order valence-corrected chi connectivity index (χ0v) is 11.5. The molecule has 2 aromatic rings. The van der Waals surface area contributed by atoms with Gasteiger partial charge in [0.2, 0.25) is 0 Å². The van der Waals surface area contributed by atoms with Gasteiger partial charge in [-0.1, -0.05) is 30.3 Å². The van der Waals surface area contributed by atoms with Crippen molar-refractivity contribution in [1.29, 1.82) is 0 Å². The third-order valence-corrected chi connectivity index (χ3v) is 3.13. The number of benzene rings is 1. The number of amides is 1. The summed E-state index contributed by atoms with van der Waals surface area (Å²) in [6.45, 7) is 1.85. The van der Waals surface area contributed by atoms with Crippen molar-refractivity contribution >= 4 is 24.3 Å². The summed E-state index contributed by atoms with van der Waals surface area (Å²) in [7, 11) is -1.70. The number of hydrogen-bond donors (Lipinski definition) is 4. The third kappa shape index (κ3) is 3.59. The molecule has 0 bridgehead atoms. The Balaban J connectivity index is 2.19. The topological polar surface area (TPSA) is 108 Å². The first kappa shape index (κ1) is 15.0. The maximum absolute atomic E-state index is 12.2.